The molecule has 0 spiro atoms. The molecule has 160 valence electrons. The lowest BCUT2D eigenvalue weighted by atomic mass is 9.78. The first-order valence-electron chi connectivity index (χ1n) is 11.0. The van der Waals surface area contributed by atoms with Gasteiger partial charge < -0.3 is 13.9 Å². The molecule has 5 heteroatoms. The van der Waals surface area contributed by atoms with Gasteiger partial charge in [0.2, 0.25) is 0 Å². The van der Waals surface area contributed by atoms with E-state index in [1.54, 1.807) is 25.1 Å². The van der Waals surface area contributed by atoms with Crippen molar-refractivity contribution in [2.45, 2.75) is 77.4 Å². The van der Waals surface area contributed by atoms with Gasteiger partial charge in [-0.25, -0.2) is 9.59 Å². The van der Waals surface area contributed by atoms with Gasteiger partial charge in [0, 0.05) is 29.5 Å². The third-order valence-electron chi connectivity index (χ3n) is 6.66. The van der Waals surface area contributed by atoms with Crippen molar-refractivity contribution in [3.8, 4) is 5.75 Å². The third kappa shape index (κ3) is 4.16. The van der Waals surface area contributed by atoms with Crippen molar-refractivity contribution in [1.82, 2.24) is 0 Å². The van der Waals surface area contributed by atoms with Gasteiger partial charge in [-0.1, -0.05) is 38.2 Å². The summed E-state index contributed by atoms with van der Waals surface area (Å²) in [5, 5.41) is 0.869. The number of esters is 1. The molecule has 2 aliphatic rings. The van der Waals surface area contributed by atoms with Crippen LogP contribution >= 0.6 is 0 Å². The number of rotatable bonds is 5. The minimum Gasteiger partial charge on any atom is -0.485 e. The molecule has 0 unspecified atom stereocenters. The van der Waals surface area contributed by atoms with E-state index in [2.05, 4.69) is 0 Å². The second kappa shape index (κ2) is 8.29. The van der Waals surface area contributed by atoms with Gasteiger partial charge in [0.15, 0.2) is 0 Å². The number of benzene rings is 1. The minimum absolute atomic E-state index is 0.272. The number of hydrogen-bond acceptors (Lipinski definition) is 5. The lowest BCUT2D eigenvalue weighted by Gasteiger charge is -2.38. The van der Waals surface area contributed by atoms with Crippen LogP contribution in [-0.4, -0.2) is 17.7 Å². The van der Waals surface area contributed by atoms with Crippen LogP contribution in [0.2, 0.25) is 0 Å². The molecular weight excluding hydrogens is 380 g/mol. The molecule has 0 amide bonds. The SMILES string of the molecule is CC=C(C)C(=O)O[C@@](C)(CC1CCCCC1)[C@H]1Cc2cc3ccc(=O)oc3cc2O1. The highest BCUT2D eigenvalue weighted by molar-refractivity contribution is 5.88. The summed E-state index contributed by atoms with van der Waals surface area (Å²) >= 11 is 0. The second-order valence-corrected chi connectivity index (χ2v) is 8.94. The summed E-state index contributed by atoms with van der Waals surface area (Å²) in [4.78, 5) is 24.3. The summed E-state index contributed by atoms with van der Waals surface area (Å²) in [7, 11) is 0. The van der Waals surface area contributed by atoms with Gasteiger partial charge in [-0.15, -0.1) is 0 Å². The summed E-state index contributed by atoms with van der Waals surface area (Å²) in [5.74, 6) is 0.953. The molecule has 2 heterocycles. The first-order valence-corrected chi connectivity index (χ1v) is 11.0. The monoisotopic (exact) mass is 410 g/mol. The van der Waals surface area contributed by atoms with Crippen LogP contribution in [-0.2, 0) is 16.0 Å². The summed E-state index contributed by atoms with van der Waals surface area (Å²) in [6.45, 7) is 5.64. The molecular formula is C25H30O5. The fourth-order valence-electron chi connectivity index (χ4n) is 4.76. The Balaban J connectivity index is 1.62. The average Bonchev–Trinajstić information content (AvgIpc) is 3.15. The number of carbonyl (C=O) groups is 1. The van der Waals surface area contributed by atoms with Gasteiger partial charge in [0.1, 0.15) is 23.0 Å². The van der Waals surface area contributed by atoms with E-state index >= 15 is 0 Å². The van der Waals surface area contributed by atoms with Crippen molar-refractivity contribution in [3.63, 3.8) is 0 Å². The van der Waals surface area contributed by atoms with E-state index in [0.717, 1.165) is 17.4 Å². The molecule has 0 N–H and O–H groups in total. The van der Waals surface area contributed by atoms with E-state index in [1.165, 1.54) is 38.2 Å². The van der Waals surface area contributed by atoms with Crippen LogP contribution in [0.3, 0.4) is 0 Å². The predicted molar refractivity (Wildman–Crippen MR) is 116 cm³/mol. The number of hydrogen-bond donors (Lipinski definition) is 0. The lowest BCUT2D eigenvalue weighted by Crippen LogP contribution is -2.48. The van der Waals surface area contributed by atoms with E-state index in [4.69, 9.17) is 13.9 Å². The summed E-state index contributed by atoms with van der Waals surface area (Å²) in [6, 6.07) is 6.99. The zero-order valence-electron chi connectivity index (χ0n) is 18.0. The highest BCUT2D eigenvalue weighted by Crippen LogP contribution is 2.41. The van der Waals surface area contributed by atoms with Crippen molar-refractivity contribution in [3.05, 3.63) is 51.9 Å². The molecule has 30 heavy (non-hydrogen) atoms. The van der Waals surface area contributed by atoms with Gasteiger partial charge in [-0.05, 0) is 50.8 Å². The Bertz CT molecular complexity index is 1030. The fraction of sp³-hybridized carbons (Fsp3) is 0.520. The third-order valence-corrected chi connectivity index (χ3v) is 6.66. The van der Waals surface area contributed by atoms with Crippen LogP contribution in [0.25, 0.3) is 11.0 Å². The van der Waals surface area contributed by atoms with Crippen LogP contribution in [0.15, 0.2) is 45.1 Å². The minimum atomic E-state index is -0.727. The highest BCUT2D eigenvalue weighted by Gasteiger charge is 2.45. The van der Waals surface area contributed by atoms with E-state index in [9.17, 15) is 9.59 Å². The van der Waals surface area contributed by atoms with Crippen LogP contribution < -0.4 is 10.4 Å². The van der Waals surface area contributed by atoms with E-state index in [1.807, 2.05) is 19.9 Å². The van der Waals surface area contributed by atoms with E-state index in [0.29, 0.717) is 29.2 Å². The standard InChI is InChI=1S/C25H30O5/c1-4-16(2)24(27)30-25(3,15-17-8-6-5-7-9-17)22-13-19-12-18-10-11-23(26)29-20(18)14-21(19)28-22/h4,10-12,14,17,22H,5-9,13,15H2,1-3H3/t22-,25+/m1/s1. The van der Waals surface area contributed by atoms with Crippen molar-refractivity contribution in [2.24, 2.45) is 5.92 Å². The van der Waals surface area contributed by atoms with Gasteiger partial charge in [0.05, 0.1) is 0 Å². The Morgan fingerprint density at radius 1 is 1.23 bits per heavy atom. The topological polar surface area (TPSA) is 65.7 Å². The molecule has 4 rings (SSSR count). The first kappa shape index (κ1) is 20.7. The summed E-state index contributed by atoms with van der Waals surface area (Å²) in [6.07, 6.45) is 9.06. The zero-order chi connectivity index (χ0) is 21.3. The maximum Gasteiger partial charge on any atom is 0.336 e. The molecule has 0 saturated heterocycles. The smallest absolute Gasteiger partial charge is 0.336 e. The van der Waals surface area contributed by atoms with E-state index < -0.39 is 5.60 Å². The second-order valence-electron chi connectivity index (χ2n) is 8.94. The summed E-state index contributed by atoms with van der Waals surface area (Å²) < 4.78 is 17.7. The average molecular weight is 411 g/mol. The Morgan fingerprint density at radius 2 is 2.00 bits per heavy atom. The molecule has 0 radical (unpaired) electrons. The molecule has 1 saturated carbocycles. The van der Waals surface area contributed by atoms with Crippen LogP contribution in [0.4, 0.5) is 0 Å². The van der Waals surface area contributed by atoms with Crippen molar-refractivity contribution >= 4 is 16.9 Å². The van der Waals surface area contributed by atoms with E-state index in [-0.39, 0.29) is 17.7 Å². The van der Waals surface area contributed by atoms with Crippen molar-refractivity contribution < 1.29 is 18.7 Å². The maximum atomic E-state index is 12.7. The number of ether oxygens (including phenoxy) is 2. The highest BCUT2D eigenvalue weighted by atomic mass is 16.6. The molecule has 2 aromatic rings. The molecule has 5 nitrogen and oxygen atoms in total. The number of allylic oxidation sites excluding steroid dienone is 1. The number of carbonyl (C=O) groups excluding carboxylic acids is 1. The molecule has 1 aliphatic carbocycles. The Morgan fingerprint density at radius 3 is 2.73 bits per heavy atom. The Labute approximate surface area is 177 Å². The van der Waals surface area contributed by atoms with Crippen molar-refractivity contribution in [1.29, 1.82) is 0 Å². The van der Waals surface area contributed by atoms with Gasteiger partial charge in [-0.2, -0.15) is 0 Å². The van der Waals surface area contributed by atoms with Gasteiger partial charge >= 0.3 is 11.6 Å². The molecule has 1 aliphatic heterocycles. The van der Waals surface area contributed by atoms with Crippen LogP contribution in [0, 0.1) is 5.92 Å². The quantitative estimate of drug-likeness (QED) is 0.378. The molecule has 2 atom stereocenters. The molecule has 1 aromatic heterocycles. The summed E-state index contributed by atoms with van der Waals surface area (Å²) in [5.41, 5.74) is 1.06. The van der Waals surface area contributed by atoms with Crippen LogP contribution in [0.1, 0.15) is 64.9 Å². The zero-order valence-corrected chi connectivity index (χ0v) is 18.0. The lowest BCUT2D eigenvalue weighted by molar-refractivity contribution is -0.165. The Kier molecular flexibility index (Phi) is 5.72. The van der Waals surface area contributed by atoms with Crippen molar-refractivity contribution in [2.75, 3.05) is 0 Å². The largest absolute Gasteiger partial charge is 0.485 e. The molecule has 0 bridgehead atoms. The predicted octanol–water partition coefficient (Wildman–Crippen LogP) is 5.34. The maximum absolute atomic E-state index is 12.7. The van der Waals surface area contributed by atoms with Crippen LogP contribution in [0.5, 0.6) is 5.75 Å². The Hall–Kier alpha value is -2.56. The van der Waals surface area contributed by atoms with Gasteiger partial charge in [-0.3, -0.25) is 0 Å². The normalized spacial score (nSPS) is 21.7. The molecule has 1 aromatic carbocycles. The van der Waals surface area contributed by atoms with Gasteiger partial charge in [0.25, 0.3) is 0 Å². The number of fused-ring (bicyclic) bond motifs is 2. The first-order chi connectivity index (χ1) is 14.4. The fourth-order valence-corrected chi connectivity index (χ4v) is 4.76. The molecule has 1 fully saturated rings.